The molecular weight excluding hydrogens is 240 g/mol. The van der Waals surface area contributed by atoms with E-state index in [0.29, 0.717) is 0 Å². The van der Waals surface area contributed by atoms with Gasteiger partial charge < -0.3 is 5.32 Å². The molecule has 1 aromatic rings. The molecule has 0 bridgehead atoms. The van der Waals surface area contributed by atoms with Gasteiger partial charge in [0, 0.05) is 23.5 Å². The van der Waals surface area contributed by atoms with Crippen LogP contribution in [0.15, 0.2) is 6.20 Å². The van der Waals surface area contributed by atoms with E-state index < -0.39 is 0 Å². The molecule has 2 nitrogen and oxygen atoms in total. The first-order valence-electron chi connectivity index (χ1n) is 7.41. The summed E-state index contributed by atoms with van der Waals surface area (Å²) in [6.45, 7) is 6.58. The second kappa shape index (κ2) is 7.25. The van der Waals surface area contributed by atoms with Crippen molar-refractivity contribution >= 4 is 11.3 Å². The van der Waals surface area contributed by atoms with Gasteiger partial charge in [0.1, 0.15) is 0 Å². The molecule has 1 heterocycles. The lowest BCUT2D eigenvalue weighted by Gasteiger charge is -2.09. The Balaban J connectivity index is 1.84. The summed E-state index contributed by atoms with van der Waals surface area (Å²) in [4.78, 5) is 6.06. The van der Waals surface area contributed by atoms with E-state index in [0.717, 1.165) is 24.9 Å². The van der Waals surface area contributed by atoms with Crippen LogP contribution in [-0.4, -0.2) is 11.5 Å². The third-order valence-corrected chi connectivity index (χ3v) is 4.79. The third kappa shape index (κ3) is 4.36. The molecule has 102 valence electrons. The van der Waals surface area contributed by atoms with Crippen molar-refractivity contribution in [2.75, 3.05) is 6.54 Å². The number of rotatable bonds is 5. The highest BCUT2D eigenvalue weighted by molar-refractivity contribution is 7.11. The number of hydrogen-bond acceptors (Lipinski definition) is 3. The number of nitrogens with one attached hydrogen (secondary N) is 1. The van der Waals surface area contributed by atoms with E-state index >= 15 is 0 Å². The molecule has 1 aromatic heterocycles. The first kappa shape index (κ1) is 14.0. The zero-order valence-corrected chi connectivity index (χ0v) is 12.6. The average Bonchev–Trinajstić information content (AvgIpc) is 2.63. The predicted molar refractivity (Wildman–Crippen MR) is 79.1 cm³/mol. The maximum atomic E-state index is 4.66. The normalized spacial score (nSPS) is 18.2. The molecule has 3 heteroatoms. The molecule has 0 atom stereocenters. The zero-order chi connectivity index (χ0) is 12.8. The number of thiazole rings is 1. The van der Waals surface area contributed by atoms with Crippen LogP contribution in [0, 0.1) is 5.92 Å². The quantitative estimate of drug-likeness (QED) is 0.803. The lowest BCUT2D eigenvalue weighted by atomic mass is 10.0. The van der Waals surface area contributed by atoms with Crippen molar-refractivity contribution in [3.63, 3.8) is 0 Å². The highest BCUT2D eigenvalue weighted by Crippen LogP contribution is 2.33. The fourth-order valence-electron chi connectivity index (χ4n) is 2.60. The number of hydrogen-bond donors (Lipinski definition) is 1. The van der Waals surface area contributed by atoms with Crippen LogP contribution in [-0.2, 0) is 6.54 Å². The maximum Gasteiger partial charge on any atom is 0.0959 e. The van der Waals surface area contributed by atoms with Crippen molar-refractivity contribution in [2.24, 2.45) is 5.92 Å². The van der Waals surface area contributed by atoms with Gasteiger partial charge in [-0.2, -0.15) is 0 Å². The smallest absolute Gasteiger partial charge is 0.0959 e. The van der Waals surface area contributed by atoms with E-state index in [1.54, 1.807) is 0 Å². The van der Waals surface area contributed by atoms with Crippen LogP contribution in [0.5, 0.6) is 0 Å². The number of aromatic nitrogens is 1. The van der Waals surface area contributed by atoms with Crippen LogP contribution in [0.3, 0.4) is 0 Å². The summed E-state index contributed by atoms with van der Waals surface area (Å²) < 4.78 is 0. The Hall–Kier alpha value is -0.410. The van der Waals surface area contributed by atoms with Crippen LogP contribution < -0.4 is 5.32 Å². The molecule has 1 saturated carbocycles. The molecule has 0 saturated heterocycles. The molecule has 1 N–H and O–H groups in total. The van der Waals surface area contributed by atoms with Gasteiger partial charge in [-0.15, -0.1) is 11.3 Å². The van der Waals surface area contributed by atoms with Gasteiger partial charge in [0.05, 0.1) is 5.01 Å². The third-order valence-electron chi connectivity index (χ3n) is 3.63. The van der Waals surface area contributed by atoms with Gasteiger partial charge in [-0.3, -0.25) is 0 Å². The topological polar surface area (TPSA) is 24.9 Å². The van der Waals surface area contributed by atoms with Crippen LogP contribution >= 0.6 is 11.3 Å². The van der Waals surface area contributed by atoms with Gasteiger partial charge in [0.2, 0.25) is 0 Å². The van der Waals surface area contributed by atoms with Gasteiger partial charge in [-0.25, -0.2) is 4.98 Å². The second-order valence-electron chi connectivity index (χ2n) is 5.88. The molecular formula is C15H26N2S. The van der Waals surface area contributed by atoms with Gasteiger partial charge in [0.25, 0.3) is 0 Å². The van der Waals surface area contributed by atoms with Crippen molar-refractivity contribution in [3.05, 3.63) is 16.1 Å². The Morgan fingerprint density at radius 3 is 2.67 bits per heavy atom. The van der Waals surface area contributed by atoms with Gasteiger partial charge >= 0.3 is 0 Å². The standard InChI is InChI=1S/C15H26N2S/c1-12(2)9-16-10-14-11-17-15(18-14)13-7-5-3-4-6-8-13/h11-13,16H,3-10H2,1-2H3. The summed E-state index contributed by atoms with van der Waals surface area (Å²) in [7, 11) is 0. The lowest BCUT2D eigenvalue weighted by Crippen LogP contribution is -2.18. The Bertz CT molecular complexity index is 338. The second-order valence-corrected chi connectivity index (χ2v) is 7.02. The summed E-state index contributed by atoms with van der Waals surface area (Å²) >= 11 is 1.93. The van der Waals surface area contributed by atoms with Crippen molar-refractivity contribution in [2.45, 2.75) is 64.8 Å². The highest BCUT2D eigenvalue weighted by Gasteiger charge is 2.17. The molecule has 1 aliphatic carbocycles. The van der Waals surface area contributed by atoms with Crippen molar-refractivity contribution in [1.82, 2.24) is 10.3 Å². The minimum atomic E-state index is 0.722. The van der Waals surface area contributed by atoms with E-state index in [1.165, 1.54) is 48.4 Å². The largest absolute Gasteiger partial charge is 0.312 e. The molecule has 18 heavy (non-hydrogen) atoms. The van der Waals surface area contributed by atoms with Gasteiger partial charge in [0.15, 0.2) is 0 Å². The molecule has 0 spiro atoms. The van der Waals surface area contributed by atoms with E-state index in [2.05, 4.69) is 30.3 Å². The molecule has 0 aliphatic heterocycles. The van der Waals surface area contributed by atoms with E-state index in [1.807, 2.05) is 11.3 Å². The summed E-state index contributed by atoms with van der Waals surface area (Å²) in [5, 5.41) is 4.89. The number of nitrogens with zero attached hydrogens (tertiary/aromatic N) is 1. The van der Waals surface area contributed by atoms with Crippen molar-refractivity contribution < 1.29 is 0 Å². The molecule has 2 rings (SSSR count). The summed E-state index contributed by atoms with van der Waals surface area (Å²) in [5.41, 5.74) is 0. The highest BCUT2D eigenvalue weighted by atomic mass is 32.1. The minimum Gasteiger partial charge on any atom is -0.312 e. The fraction of sp³-hybridized carbons (Fsp3) is 0.800. The Morgan fingerprint density at radius 1 is 1.28 bits per heavy atom. The maximum absolute atomic E-state index is 4.66. The average molecular weight is 266 g/mol. The monoisotopic (exact) mass is 266 g/mol. The zero-order valence-electron chi connectivity index (χ0n) is 11.7. The van der Waals surface area contributed by atoms with Crippen molar-refractivity contribution in [1.29, 1.82) is 0 Å². The van der Waals surface area contributed by atoms with E-state index in [-0.39, 0.29) is 0 Å². The fourth-order valence-corrected chi connectivity index (χ4v) is 3.66. The van der Waals surface area contributed by atoms with Crippen LogP contribution in [0.2, 0.25) is 0 Å². The molecule has 1 aliphatic rings. The SMILES string of the molecule is CC(C)CNCc1cnc(C2CCCCCC2)s1. The van der Waals surface area contributed by atoms with Gasteiger partial charge in [-0.1, -0.05) is 39.5 Å². The molecule has 0 amide bonds. The molecule has 0 radical (unpaired) electrons. The van der Waals surface area contributed by atoms with Crippen LogP contribution in [0.25, 0.3) is 0 Å². The molecule has 1 fully saturated rings. The summed E-state index contributed by atoms with van der Waals surface area (Å²) in [6, 6.07) is 0. The van der Waals surface area contributed by atoms with Crippen LogP contribution in [0.1, 0.15) is 68.2 Å². The Kier molecular flexibility index (Phi) is 5.64. The Labute approximate surface area is 115 Å². The first-order chi connectivity index (χ1) is 8.75. The minimum absolute atomic E-state index is 0.722. The molecule has 0 aromatic carbocycles. The van der Waals surface area contributed by atoms with E-state index in [4.69, 9.17) is 0 Å². The van der Waals surface area contributed by atoms with Crippen LogP contribution in [0.4, 0.5) is 0 Å². The molecule has 0 unspecified atom stereocenters. The first-order valence-corrected chi connectivity index (χ1v) is 8.22. The lowest BCUT2D eigenvalue weighted by molar-refractivity contribution is 0.554. The predicted octanol–water partition coefficient (Wildman–Crippen LogP) is 4.33. The summed E-state index contributed by atoms with van der Waals surface area (Å²) in [5.74, 6) is 1.47. The Morgan fingerprint density at radius 2 is 2.00 bits per heavy atom. The van der Waals surface area contributed by atoms with E-state index in [9.17, 15) is 0 Å². The van der Waals surface area contributed by atoms with Gasteiger partial charge in [-0.05, 0) is 25.3 Å². The van der Waals surface area contributed by atoms with Crippen molar-refractivity contribution in [3.8, 4) is 0 Å². The summed E-state index contributed by atoms with van der Waals surface area (Å²) in [6.07, 6.45) is 10.4.